The van der Waals surface area contributed by atoms with Crippen LogP contribution < -0.4 is 10.6 Å². The molecule has 2 heterocycles. The van der Waals surface area contributed by atoms with Crippen LogP contribution in [0.1, 0.15) is 38.5 Å². The third kappa shape index (κ3) is 1.61. The van der Waals surface area contributed by atoms with Crippen molar-refractivity contribution in [2.45, 2.75) is 56.7 Å². The van der Waals surface area contributed by atoms with Gasteiger partial charge in [0, 0.05) is 18.1 Å². The zero-order valence-corrected chi connectivity index (χ0v) is 8.83. The van der Waals surface area contributed by atoms with Crippen LogP contribution in [0.5, 0.6) is 0 Å². The Hall–Kier alpha value is -0.770. The molecule has 2 aliphatic heterocycles. The Morgan fingerprint density at radius 1 is 1.20 bits per heavy atom. The molecule has 3 aliphatic rings. The van der Waals surface area contributed by atoms with E-state index in [9.17, 15) is 4.79 Å². The lowest BCUT2D eigenvalue weighted by atomic mass is 9.59. The summed E-state index contributed by atoms with van der Waals surface area (Å²) in [7, 11) is 0. The summed E-state index contributed by atoms with van der Waals surface area (Å²) >= 11 is 0. The second-order valence-electron chi connectivity index (χ2n) is 5.60. The molecule has 2 bridgehead atoms. The second kappa shape index (κ2) is 3.11. The maximum Gasteiger partial charge on any atom is 0.404 e. The fourth-order valence-corrected chi connectivity index (χ4v) is 3.95. The minimum atomic E-state index is -0.869. The molecule has 0 aromatic heterocycles. The summed E-state index contributed by atoms with van der Waals surface area (Å²) in [6, 6.07) is 1.66. The molecule has 0 aromatic carbocycles. The van der Waals surface area contributed by atoms with E-state index in [0.29, 0.717) is 5.41 Å². The number of piperidine rings is 1. The van der Waals surface area contributed by atoms with E-state index < -0.39 is 6.09 Å². The first-order valence-corrected chi connectivity index (χ1v) is 5.91. The Kier molecular flexibility index (Phi) is 1.96. The van der Waals surface area contributed by atoms with Gasteiger partial charge in [0.05, 0.1) is 0 Å². The molecular weight excluding hydrogens is 192 g/mol. The first kappa shape index (κ1) is 9.46. The van der Waals surface area contributed by atoms with Crippen molar-refractivity contribution in [3.63, 3.8) is 0 Å². The van der Waals surface area contributed by atoms with Crippen molar-refractivity contribution in [1.29, 1.82) is 0 Å². The molecule has 3 fully saturated rings. The Labute approximate surface area is 89.4 Å². The van der Waals surface area contributed by atoms with Gasteiger partial charge in [-0.2, -0.15) is 0 Å². The molecule has 3 N–H and O–H groups in total. The third-order valence-corrected chi connectivity index (χ3v) is 4.38. The molecule has 4 nitrogen and oxygen atoms in total. The molecule has 1 amide bonds. The number of nitrogens with one attached hydrogen (secondary N) is 2. The van der Waals surface area contributed by atoms with E-state index in [2.05, 4.69) is 10.6 Å². The van der Waals surface area contributed by atoms with Crippen molar-refractivity contribution in [1.82, 2.24) is 10.6 Å². The van der Waals surface area contributed by atoms with Crippen molar-refractivity contribution in [2.24, 2.45) is 5.41 Å². The molecule has 15 heavy (non-hydrogen) atoms. The average Bonchev–Trinajstić information content (AvgIpc) is 2.42. The van der Waals surface area contributed by atoms with Gasteiger partial charge in [-0.1, -0.05) is 0 Å². The zero-order chi connectivity index (χ0) is 10.5. The van der Waals surface area contributed by atoms with Gasteiger partial charge in [0.2, 0.25) is 0 Å². The molecule has 2 atom stereocenters. The standard InChI is InChI=1S/C11H18N2O2/c14-10(15)13-9-5-11(6-9)3-7-1-2-8(4-11)12-7/h7-9,12-13H,1-6H2,(H,14,15). The monoisotopic (exact) mass is 210 g/mol. The van der Waals surface area contributed by atoms with Crippen LogP contribution in [-0.2, 0) is 0 Å². The van der Waals surface area contributed by atoms with E-state index in [4.69, 9.17) is 5.11 Å². The van der Waals surface area contributed by atoms with E-state index in [1.165, 1.54) is 25.7 Å². The van der Waals surface area contributed by atoms with Crippen molar-refractivity contribution >= 4 is 6.09 Å². The third-order valence-electron chi connectivity index (χ3n) is 4.38. The summed E-state index contributed by atoms with van der Waals surface area (Å²) in [4.78, 5) is 10.5. The molecule has 1 aliphatic carbocycles. The van der Waals surface area contributed by atoms with Crippen LogP contribution in [0, 0.1) is 5.41 Å². The molecule has 1 spiro atoms. The SMILES string of the molecule is O=C(O)NC1CC2(C1)CC1CCC(C2)N1. The minimum Gasteiger partial charge on any atom is -0.465 e. The summed E-state index contributed by atoms with van der Waals surface area (Å²) in [6.45, 7) is 0. The van der Waals surface area contributed by atoms with Gasteiger partial charge < -0.3 is 15.7 Å². The van der Waals surface area contributed by atoms with Gasteiger partial charge in [-0.3, -0.25) is 0 Å². The molecule has 1 saturated carbocycles. The molecule has 3 rings (SSSR count). The van der Waals surface area contributed by atoms with Crippen LogP contribution in [0.4, 0.5) is 4.79 Å². The summed E-state index contributed by atoms with van der Waals surface area (Å²) in [5.74, 6) is 0. The van der Waals surface area contributed by atoms with Crippen LogP contribution in [0.25, 0.3) is 0 Å². The van der Waals surface area contributed by atoms with Gasteiger partial charge in [-0.15, -0.1) is 0 Å². The van der Waals surface area contributed by atoms with E-state index >= 15 is 0 Å². The van der Waals surface area contributed by atoms with E-state index in [-0.39, 0.29) is 6.04 Å². The van der Waals surface area contributed by atoms with Crippen LogP contribution >= 0.6 is 0 Å². The number of hydrogen-bond acceptors (Lipinski definition) is 2. The Morgan fingerprint density at radius 3 is 2.33 bits per heavy atom. The first-order valence-electron chi connectivity index (χ1n) is 5.91. The van der Waals surface area contributed by atoms with E-state index in [1.807, 2.05) is 0 Å². The number of hydrogen-bond donors (Lipinski definition) is 3. The number of carboxylic acid groups (broad SMARTS) is 1. The average molecular weight is 210 g/mol. The fraction of sp³-hybridized carbons (Fsp3) is 0.909. The Balaban J connectivity index is 1.58. The first-order chi connectivity index (χ1) is 7.15. The quantitative estimate of drug-likeness (QED) is 0.611. The summed E-state index contributed by atoms with van der Waals surface area (Å²) in [5, 5.41) is 14.9. The van der Waals surface area contributed by atoms with Crippen LogP contribution in [0.3, 0.4) is 0 Å². The second-order valence-corrected chi connectivity index (χ2v) is 5.60. The largest absolute Gasteiger partial charge is 0.465 e. The van der Waals surface area contributed by atoms with Crippen molar-refractivity contribution in [3.05, 3.63) is 0 Å². The Morgan fingerprint density at radius 2 is 1.80 bits per heavy atom. The molecule has 2 saturated heterocycles. The Bertz CT molecular complexity index is 272. The van der Waals surface area contributed by atoms with Gasteiger partial charge in [0.25, 0.3) is 0 Å². The zero-order valence-electron chi connectivity index (χ0n) is 8.83. The van der Waals surface area contributed by atoms with Crippen molar-refractivity contribution in [3.8, 4) is 0 Å². The number of carbonyl (C=O) groups is 1. The summed E-state index contributed by atoms with van der Waals surface area (Å²) in [6.07, 6.45) is 6.43. The van der Waals surface area contributed by atoms with E-state index in [0.717, 1.165) is 24.9 Å². The summed E-state index contributed by atoms with van der Waals surface area (Å²) in [5.41, 5.74) is 0.476. The predicted molar refractivity (Wildman–Crippen MR) is 55.8 cm³/mol. The fourth-order valence-electron chi connectivity index (χ4n) is 3.95. The molecule has 4 heteroatoms. The highest BCUT2D eigenvalue weighted by atomic mass is 16.4. The normalized spacial score (nSPS) is 47.6. The topological polar surface area (TPSA) is 61.4 Å². The van der Waals surface area contributed by atoms with Gasteiger partial charge in [-0.05, 0) is 43.9 Å². The van der Waals surface area contributed by atoms with Crippen molar-refractivity contribution in [2.75, 3.05) is 0 Å². The lowest BCUT2D eigenvalue weighted by Gasteiger charge is -2.52. The smallest absolute Gasteiger partial charge is 0.404 e. The van der Waals surface area contributed by atoms with Gasteiger partial charge in [-0.25, -0.2) is 4.79 Å². The highest BCUT2D eigenvalue weighted by Crippen LogP contribution is 2.53. The maximum absolute atomic E-state index is 10.5. The highest BCUT2D eigenvalue weighted by Gasteiger charge is 2.51. The minimum absolute atomic E-state index is 0.222. The maximum atomic E-state index is 10.5. The van der Waals surface area contributed by atoms with Crippen LogP contribution in [-0.4, -0.2) is 29.3 Å². The van der Waals surface area contributed by atoms with Crippen LogP contribution in [0.2, 0.25) is 0 Å². The molecule has 84 valence electrons. The summed E-state index contributed by atoms with van der Waals surface area (Å²) < 4.78 is 0. The lowest BCUT2D eigenvalue weighted by Crippen LogP contribution is -2.56. The molecule has 2 unspecified atom stereocenters. The molecule has 0 aromatic rings. The molecule has 0 radical (unpaired) electrons. The number of fused-ring (bicyclic) bond motifs is 2. The van der Waals surface area contributed by atoms with Gasteiger partial charge in [0.1, 0.15) is 0 Å². The van der Waals surface area contributed by atoms with E-state index in [1.54, 1.807) is 0 Å². The van der Waals surface area contributed by atoms with Crippen LogP contribution in [0.15, 0.2) is 0 Å². The number of rotatable bonds is 1. The highest BCUT2D eigenvalue weighted by molar-refractivity contribution is 5.65. The van der Waals surface area contributed by atoms with Gasteiger partial charge >= 0.3 is 6.09 Å². The lowest BCUT2D eigenvalue weighted by molar-refractivity contribution is 0.0267. The number of amides is 1. The predicted octanol–water partition coefficient (Wildman–Crippen LogP) is 1.32. The van der Waals surface area contributed by atoms with Crippen molar-refractivity contribution < 1.29 is 9.90 Å². The van der Waals surface area contributed by atoms with Gasteiger partial charge in [0.15, 0.2) is 0 Å². The molecular formula is C11H18N2O2.